The minimum atomic E-state index is -0.188. The van der Waals surface area contributed by atoms with Gasteiger partial charge in [-0.25, -0.2) is 4.98 Å². The third-order valence-corrected chi connectivity index (χ3v) is 3.95. The molecule has 2 aromatic rings. The van der Waals surface area contributed by atoms with Crippen molar-refractivity contribution < 1.29 is 22.2 Å². The molecule has 5 nitrogen and oxygen atoms in total. The number of carbonyl (C=O) groups is 1. The number of nitrogens with one attached hydrogen (secondary N) is 3. The molecule has 0 fully saturated rings. The lowest BCUT2D eigenvalue weighted by atomic mass is 10.00. The zero-order chi connectivity index (χ0) is 18.6. The zero-order valence-electron chi connectivity index (χ0n) is 16.0. The van der Waals surface area contributed by atoms with Crippen molar-refractivity contribution in [3.05, 3.63) is 58.2 Å². The first-order chi connectivity index (χ1) is 11.8. The van der Waals surface area contributed by atoms with Gasteiger partial charge in [-0.1, -0.05) is 23.3 Å². The highest BCUT2D eigenvalue weighted by molar-refractivity contribution is 6.00. The molecule has 0 atom stereocenters. The molecule has 5 N–H and O–H groups in total. The van der Waals surface area contributed by atoms with E-state index in [1.807, 2.05) is 19.9 Å². The minimum Gasteiger partial charge on any atom is -1.00 e. The van der Waals surface area contributed by atoms with Crippen molar-refractivity contribution in [1.29, 1.82) is 0 Å². The summed E-state index contributed by atoms with van der Waals surface area (Å²) in [5.41, 5.74) is 12.6. The quantitative estimate of drug-likeness (QED) is 0.668. The number of amides is 1. The summed E-state index contributed by atoms with van der Waals surface area (Å²) >= 11 is 0. The molecule has 1 aromatic carbocycles. The molecule has 0 unspecified atom stereocenters. The molecule has 6 heteroatoms. The Morgan fingerprint density at radius 2 is 1.77 bits per heavy atom. The lowest BCUT2D eigenvalue weighted by Gasteiger charge is -2.11. The summed E-state index contributed by atoms with van der Waals surface area (Å²) < 4.78 is 0. The van der Waals surface area contributed by atoms with E-state index < -0.39 is 0 Å². The molecule has 140 valence electrons. The molecule has 0 saturated carbocycles. The Labute approximate surface area is 161 Å². The van der Waals surface area contributed by atoms with Gasteiger partial charge in [0.25, 0.3) is 0 Å². The van der Waals surface area contributed by atoms with Gasteiger partial charge in [0.05, 0.1) is 6.54 Å². The average molecular weight is 375 g/mol. The number of nitrogens with two attached hydrogens (primary N) is 1. The van der Waals surface area contributed by atoms with Gasteiger partial charge >= 0.3 is 0 Å². The normalized spacial score (nSPS) is 9.88. The first-order valence-corrected chi connectivity index (χ1v) is 8.34. The van der Waals surface area contributed by atoms with Crippen molar-refractivity contribution in [2.45, 2.75) is 41.2 Å². The predicted octanol–water partition coefficient (Wildman–Crippen LogP) is 0.529. The van der Waals surface area contributed by atoms with Crippen LogP contribution in [0.5, 0.6) is 0 Å². The van der Waals surface area contributed by atoms with Gasteiger partial charge in [-0.3, -0.25) is 4.79 Å². The number of allylic oxidation sites excluding steroid dienone is 1. The van der Waals surface area contributed by atoms with Crippen molar-refractivity contribution >= 4 is 23.2 Å². The summed E-state index contributed by atoms with van der Waals surface area (Å²) in [7, 11) is 0. The maximum Gasteiger partial charge on any atom is 0.248 e. The van der Waals surface area contributed by atoms with Crippen LogP contribution in [-0.4, -0.2) is 5.91 Å². The maximum absolute atomic E-state index is 11.8. The fourth-order valence-electron chi connectivity index (χ4n) is 2.83. The van der Waals surface area contributed by atoms with Crippen LogP contribution >= 0.6 is 0 Å². The number of hydrogen-bond acceptors (Lipinski definition) is 3. The second-order valence-electron chi connectivity index (χ2n) is 6.64. The van der Waals surface area contributed by atoms with Crippen LogP contribution in [0.3, 0.4) is 0 Å². The van der Waals surface area contributed by atoms with Crippen LogP contribution in [0.4, 0.5) is 17.3 Å². The number of carbonyl (C=O) groups excluding carboxylic acids is 1. The second kappa shape index (κ2) is 9.25. The van der Waals surface area contributed by atoms with Gasteiger partial charge in [-0.15, -0.1) is 0 Å². The summed E-state index contributed by atoms with van der Waals surface area (Å²) in [5.74, 6) is 1.03. The van der Waals surface area contributed by atoms with Crippen LogP contribution in [0.15, 0.2) is 35.9 Å². The topological polar surface area (TPSA) is 81.3 Å². The van der Waals surface area contributed by atoms with E-state index in [1.165, 1.54) is 28.3 Å². The number of rotatable bonds is 5. The summed E-state index contributed by atoms with van der Waals surface area (Å²) in [6, 6.07) is 8.03. The molecule has 0 spiro atoms. The number of benzene rings is 1. The summed E-state index contributed by atoms with van der Waals surface area (Å²) in [6.45, 7) is 10.8. The van der Waals surface area contributed by atoms with E-state index >= 15 is 0 Å². The highest BCUT2D eigenvalue weighted by Gasteiger charge is 2.10. The SMILES string of the molecule is CC(C)=CC(=O)Nc1ccc(NCc2c(C)cc(C)cc2C)[nH+]c1N.[Cl-]. The summed E-state index contributed by atoms with van der Waals surface area (Å²) in [5, 5.41) is 6.12. The Morgan fingerprint density at radius 3 is 2.31 bits per heavy atom. The van der Waals surface area contributed by atoms with Crippen LogP contribution < -0.4 is 33.8 Å². The number of aromatic amines is 1. The van der Waals surface area contributed by atoms with Gasteiger partial charge in [0.2, 0.25) is 17.5 Å². The first kappa shape index (κ1) is 21.5. The van der Waals surface area contributed by atoms with Crippen molar-refractivity contribution in [1.82, 2.24) is 0 Å². The minimum absolute atomic E-state index is 0. The number of aryl methyl sites for hydroxylation is 3. The molecule has 2 rings (SSSR count). The van der Waals surface area contributed by atoms with E-state index in [1.54, 1.807) is 6.07 Å². The molecular weight excluding hydrogens is 348 g/mol. The van der Waals surface area contributed by atoms with Gasteiger partial charge in [-0.2, -0.15) is 0 Å². The van der Waals surface area contributed by atoms with Crippen LogP contribution in [0.2, 0.25) is 0 Å². The molecule has 0 aliphatic carbocycles. The molecule has 0 radical (unpaired) electrons. The number of H-pyrrole nitrogens is 1. The van der Waals surface area contributed by atoms with Gasteiger partial charge < -0.3 is 28.8 Å². The number of hydrogen-bond donors (Lipinski definition) is 3. The fourth-order valence-corrected chi connectivity index (χ4v) is 2.83. The lowest BCUT2D eigenvalue weighted by Crippen LogP contribution is -3.00. The zero-order valence-corrected chi connectivity index (χ0v) is 16.7. The van der Waals surface area contributed by atoms with Crippen LogP contribution in [-0.2, 0) is 11.3 Å². The fraction of sp³-hybridized carbons (Fsp3) is 0.300. The standard InChI is InChI=1S/C20H26N4O.ClH/c1-12(2)8-19(25)23-17-6-7-18(24-20(17)21)22-11-16-14(4)9-13(3)10-15(16)5;/h6-10H,11H2,1-5H3,(H,23,25)(H3,21,22,24);1H. The monoisotopic (exact) mass is 374 g/mol. The molecule has 0 aliphatic rings. The second-order valence-corrected chi connectivity index (χ2v) is 6.64. The van der Waals surface area contributed by atoms with E-state index in [-0.39, 0.29) is 18.3 Å². The van der Waals surface area contributed by atoms with E-state index in [4.69, 9.17) is 5.73 Å². The Bertz CT molecular complexity index is 804. The highest BCUT2D eigenvalue weighted by atomic mass is 35.5. The maximum atomic E-state index is 11.8. The van der Waals surface area contributed by atoms with Gasteiger partial charge in [0, 0.05) is 12.1 Å². The molecule has 1 amide bonds. The molecule has 1 aromatic heterocycles. The van der Waals surface area contributed by atoms with Crippen molar-refractivity contribution in [2.75, 3.05) is 16.4 Å². The summed E-state index contributed by atoms with van der Waals surface area (Å²) in [4.78, 5) is 14.9. The molecule has 0 aliphatic heterocycles. The van der Waals surface area contributed by atoms with Crippen LogP contribution in [0.1, 0.15) is 36.1 Å². The van der Waals surface area contributed by atoms with Gasteiger partial charge in [-0.05, 0) is 57.4 Å². The molecule has 0 saturated heterocycles. The smallest absolute Gasteiger partial charge is 0.248 e. The molecule has 1 heterocycles. The van der Waals surface area contributed by atoms with E-state index in [0.717, 1.165) is 11.4 Å². The van der Waals surface area contributed by atoms with Crippen LogP contribution in [0, 0.1) is 20.8 Å². The lowest BCUT2D eigenvalue weighted by molar-refractivity contribution is -0.342. The highest BCUT2D eigenvalue weighted by Crippen LogP contribution is 2.19. The number of anilines is 3. The van der Waals surface area contributed by atoms with E-state index in [9.17, 15) is 4.79 Å². The van der Waals surface area contributed by atoms with Gasteiger partial charge in [0.1, 0.15) is 5.69 Å². The Morgan fingerprint density at radius 1 is 1.15 bits per heavy atom. The third kappa shape index (κ3) is 5.77. The molecular formula is C20H27ClN4O. The van der Waals surface area contributed by atoms with E-state index in [2.05, 4.69) is 48.5 Å². The number of nitrogen functional groups attached to an aromatic ring is 1. The van der Waals surface area contributed by atoms with Crippen molar-refractivity contribution in [2.24, 2.45) is 0 Å². The van der Waals surface area contributed by atoms with Crippen LogP contribution in [0.25, 0.3) is 0 Å². The van der Waals surface area contributed by atoms with Crippen molar-refractivity contribution in [3.8, 4) is 0 Å². The number of pyridine rings is 1. The summed E-state index contributed by atoms with van der Waals surface area (Å²) in [6.07, 6.45) is 1.54. The molecule has 0 bridgehead atoms. The third-order valence-electron chi connectivity index (χ3n) is 3.95. The first-order valence-electron chi connectivity index (χ1n) is 8.34. The van der Waals surface area contributed by atoms with Gasteiger partial charge in [0.15, 0.2) is 0 Å². The number of aromatic nitrogens is 1. The predicted molar refractivity (Wildman–Crippen MR) is 103 cm³/mol. The Hall–Kier alpha value is -2.53. The number of halogens is 1. The van der Waals surface area contributed by atoms with Crippen molar-refractivity contribution in [3.63, 3.8) is 0 Å². The molecule has 26 heavy (non-hydrogen) atoms. The Kier molecular flexibility index (Phi) is 7.65. The average Bonchev–Trinajstić information content (AvgIpc) is 2.48. The Balaban J connectivity index is 0.00000338. The van der Waals surface area contributed by atoms with E-state index in [0.29, 0.717) is 18.1 Å². The largest absolute Gasteiger partial charge is 1.00 e.